The highest BCUT2D eigenvalue weighted by atomic mass is 16.3. The van der Waals surface area contributed by atoms with Crippen LogP contribution in [0.3, 0.4) is 0 Å². The number of aryl methyl sites for hydroxylation is 2. The van der Waals surface area contributed by atoms with Crippen LogP contribution in [-0.4, -0.2) is 29.9 Å². The Morgan fingerprint density at radius 1 is 1.21 bits per heavy atom. The molecule has 24 heavy (non-hydrogen) atoms. The molecular weight excluding hydrogens is 300 g/mol. The number of benzene rings is 1. The van der Waals surface area contributed by atoms with E-state index in [-0.39, 0.29) is 5.91 Å². The van der Waals surface area contributed by atoms with Crippen molar-refractivity contribution in [1.29, 1.82) is 0 Å². The van der Waals surface area contributed by atoms with Gasteiger partial charge in [-0.1, -0.05) is 24.3 Å². The minimum Gasteiger partial charge on any atom is -0.466 e. The quantitative estimate of drug-likeness (QED) is 0.937. The molecule has 0 bridgehead atoms. The van der Waals surface area contributed by atoms with Gasteiger partial charge in [0, 0.05) is 31.2 Å². The van der Waals surface area contributed by atoms with Crippen molar-refractivity contribution in [3.05, 3.63) is 58.0 Å². The second-order valence-electron chi connectivity index (χ2n) is 6.76. The molecule has 1 amide bonds. The van der Waals surface area contributed by atoms with Gasteiger partial charge in [-0.15, -0.1) is 0 Å². The lowest BCUT2D eigenvalue weighted by Gasteiger charge is -2.33. The number of furan rings is 1. The Morgan fingerprint density at radius 2 is 1.92 bits per heavy atom. The fraction of sp³-hybridized carbons (Fsp3) is 0.450. The summed E-state index contributed by atoms with van der Waals surface area (Å²) in [6.45, 7) is 10.5. The summed E-state index contributed by atoms with van der Waals surface area (Å²) in [5.41, 5.74) is 4.47. The van der Waals surface area contributed by atoms with Crippen molar-refractivity contribution in [2.45, 2.75) is 46.7 Å². The summed E-state index contributed by atoms with van der Waals surface area (Å²) in [7, 11) is 0. The van der Waals surface area contributed by atoms with Crippen LogP contribution < -0.4 is 5.32 Å². The lowest BCUT2D eigenvalue weighted by molar-refractivity contribution is 0.0930. The summed E-state index contributed by atoms with van der Waals surface area (Å²) >= 11 is 0. The molecule has 3 rings (SSSR count). The van der Waals surface area contributed by atoms with Gasteiger partial charge in [0.2, 0.25) is 0 Å². The van der Waals surface area contributed by atoms with E-state index in [4.69, 9.17) is 4.42 Å². The SMILES string of the molecule is Cc1oc(C)c(C(=O)NCC(C)N2CCc3ccccc3C2)c1C. The Balaban J connectivity index is 1.60. The molecule has 1 N–H and O–H groups in total. The second kappa shape index (κ2) is 6.81. The summed E-state index contributed by atoms with van der Waals surface area (Å²) in [6, 6.07) is 8.92. The van der Waals surface area contributed by atoms with E-state index in [1.165, 1.54) is 11.1 Å². The van der Waals surface area contributed by atoms with Crippen LogP contribution in [0.2, 0.25) is 0 Å². The fourth-order valence-corrected chi connectivity index (χ4v) is 3.48. The largest absolute Gasteiger partial charge is 0.466 e. The third kappa shape index (κ3) is 3.24. The number of hydrogen-bond donors (Lipinski definition) is 1. The summed E-state index contributed by atoms with van der Waals surface area (Å²) in [5.74, 6) is 1.48. The molecule has 128 valence electrons. The van der Waals surface area contributed by atoms with Crippen LogP contribution in [0.1, 0.15) is 45.5 Å². The van der Waals surface area contributed by atoms with Crippen molar-refractivity contribution in [3.63, 3.8) is 0 Å². The standard InChI is InChI=1S/C20H26N2O2/c1-13(22-10-9-17-7-5-6-8-18(17)12-22)11-21-20(23)19-14(2)15(3)24-16(19)4/h5-8,13H,9-12H2,1-4H3,(H,21,23). The lowest BCUT2D eigenvalue weighted by atomic mass is 9.99. The minimum absolute atomic E-state index is 0.0360. The van der Waals surface area contributed by atoms with E-state index >= 15 is 0 Å². The molecule has 0 fully saturated rings. The summed E-state index contributed by atoms with van der Waals surface area (Å²) < 4.78 is 5.56. The van der Waals surface area contributed by atoms with Gasteiger partial charge in [-0.3, -0.25) is 9.69 Å². The smallest absolute Gasteiger partial charge is 0.255 e. The molecule has 1 aromatic carbocycles. The van der Waals surface area contributed by atoms with Gasteiger partial charge >= 0.3 is 0 Å². The Labute approximate surface area is 143 Å². The lowest BCUT2D eigenvalue weighted by Crippen LogP contribution is -2.44. The maximum absolute atomic E-state index is 12.5. The molecule has 2 aromatic rings. The number of nitrogens with one attached hydrogen (secondary N) is 1. The molecule has 4 heteroatoms. The third-order valence-electron chi connectivity index (χ3n) is 5.13. The molecule has 0 spiro atoms. The van der Waals surface area contributed by atoms with Crippen LogP contribution in [0, 0.1) is 20.8 Å². The molecule has 1 aliphatic heterocycles. The van der Waals surface area contributed by atoms with Gasteiger partial charge in [-0.25, -0.2) is 0 Å². The summed E-state index contributed by atoms with van der Waals surface area (Å²) in [4.78, 5) is 14.9. The zero-order chi connectivity index (χ0) is 17.3. The topological polar surface area (TPSA) is 45.5 Å². The number of amides is 1. The first-order valence-electron chi connectivity index (χ1n) is 8.63. The average molecular weight is 326 g/mol. The zero-order valence-electron chi connectivity index (χ0n) is 15.0. The fourth-order valence-electron chi connectivity index (χ4n) is 3.48. The zero-order valence-corrected chi connectivity index (χ0v) is 15.0. The number of hydrogen-bond acceptors (Lipinski definition) is 3. The molecule has 1 aliphatic rings. The van der Waals surface area contributed by atoms with E-state index in [1.54, 1.807) is 0 Å². The molecule has 1 unspecified atom stereocenters. The highest BCUT2D eigenvalue weighted by Gasteiger charge is 2.22. The van der Waals surface area contributed by atoms with Gasteiger partial charge < -0.3 is 9.73 Å². The molecule has 1 atom stereocenters. The highest BCUT2D eigenvalue weighted by Crippen LogP contribution is 2.21. The number of fused-ring (bicyclic) bond motifs is 1. The Hall–Kier alpha value is -2.07. The van der Waals surface area contributed by atoms with Crippen molar-refractivity contribution >= 4 is 5.91 Å². The third-order valence-corrected chi connectivity index (χ3v) is 5.13. The maximum Gasteiger partial charge on any atom is 0.255 e. The number of rotatable bonds is 4. The van der Waals surface area contributed by atoms with E-state index in [0.29, 0.717) is 23.9 Å². The van der Waals surface area contributed by atoms with Crippen LogP contribution in [-0.2, 0) is 13.0 Å². The number of carbonyl (C=O) groups excluding carboxylic acids is 1. The van der Waals surface area contributed by atoms with Gasteiger partial charge in [-0.05, 0) is 45.2 Å². The average Bonchev–Trinajstić information content (AvgIpc) is 2.84. The monoisotopic (exact) mass is 326 g/mol. The number of nitrogens with zero attached hydrogens (tertiary/aromatic N) is 1. The first-order valence-corrected chi connectivity index (χ1v) is 8.63. The predicted molar refractivity (Wildman–Crippen MR) is 95.3 cm³/mol. The molecular formula is C20H26N2O2. The number of carbonyl (C=O) groups is 1. The molecule has 0 radical (unpaired) electrons. The van der Waals surface area contributed by atoms with Crippen LogP contribution in [0.4, 0.5) is 0 Å². The van der Waals surface area contributed by atoms with Crippen LogP contribution in [0.5, 0.6) is 0 Å². The predicted octanol–water partition coefficient (Wildman–Crippen LogP) is 3.38. The molecule has 0 saturated heterocycles. The summed E-state index contributed by atoms with van der Waals surface area (Å²) in [5, 5.41) is 3.07. The second-order valence-corrected chi connectivity index (χ2v) is 6.76. The van der Waals surface area contributed by atoms with Gasteiger partial charge in [0.25, 0.3) is 5.91 Å². The van der Waals surface area contributed by atoms with Crippen molar-refractivity contribution < 1.29 is 9.21 Å². The van der Waals surface area contributed by atoms with Crippen molar-refractivity contribution in [2.24, 2.45) is 0 Å². The first kappa shape index (κ1) is 16.8. The van der Waals surface area contributed by atoms with Crippen LogP contribution >= 0.6 is 0 Å². The molecule has 2 heterocycles. The molecule has 1 aromatic heterocycles. The Kier molecular flexibility index (Phi) is 4.76. The van der Waals surface area contributed by atoms with E-state index < -0.39 is 0 Å². The Bertz CT molecular complexity index is 748. The van der Waals surface area contributed by atoms with Gasteiger partial charge in [0.05, 0.1) is 5.56 Å². The van der Waals surface area contributed by atoms with Crippen LogP contribution in [0.25, 0.3) is 0 Å². The maximum atomic E-state index is 12.5. The van der Waals surface area contributed by atoms with Gasteiger partial charge in [-0.2, -0.15) is 0 Å². The van der Waals surface area contributed by atoms with E-state index in [2.05, 4.69) is 41.4 Å². The molecule has 0 saturated carbocycles. The van der Waals surface area contributed by atoms with Gasteiger partial charge in [0.1, 0.15) is 11.5 Å². The van der Waals surface area contributed by atoms with Gasteiger partial charge in [0.15, 0.2) is 0 Å². The van der Waals surface area contributed by atoms with Crippen molar-refractivity contribution in [1.82, 2.24) is 10.2 Å². The van der Waals surface area contributed by atoms with Crippen LogP contribution in [0.15, 0.2) is 28.7 Å². The normalized spacial score (nSPS) is 15.8. The first-order chi connectivity index (χ1) is 11.5. The van der Waals surface area contributed by atoms with Crippen molar-refractivity contribution in [3.8, 4) is 0 Å². The van der Waals surface area contributed by atoms with Crippen molar-refractivity contribution in [2.75, 3.05) is 13.1 Å². The molecule has 0 aliphatic carbocycles. The van der Waals surface area contributed by atoms with E-state index in [0.717, 1.165) is 30.8 Å². The van der Waals surface area contributed by atoms with E-state index in [1.807, 2.05) is 20.8 Å². The van der Waals surface area contributed by atoms with E-state index in [9.17, 15) is 4.79 Å². The minimum atomic E-state index is -0.0360. The summed E-state index contributed by atoms with van der Waals surface area (Å²) in [6.07, 6.45) is 1.08. The highest BCUT2D eigenvalue weighted by molar-refractivity contribution is 5.96. The molecule has 4 nitrogen and oxygen atoms in total. The Morgan fingerprint density at radius 3 is 2.58 bits per heavy atom.